The molecule has 0 radical (unpaired) electrons. The number of para-hydroxylation sites is 1. The lowest BCUT2D eigenvalue weighted by Gasteiger charge is -2.25. The minimum Gasteiger partial charge on any atom is -0.507 e. The number of aromatic nitrogens is 1. The second-order valence-electron chi connectivity index (χ2n) is 8.86. The maximum atomic E-state index is 13.3. The van der Waals surface area contributed by atoms with E-state index in [0.717, 1.165) is 27.6 Å². The first-order valence-electron chi connectivity index (χ1n) is 11.4. The number of carbonyl (C=O) groups excluding carboxylic acids is 2. The maximum Gasteiger partial charge on any atom is 0.295 e. The Hall–Kier alpha value is -3.58. The molecule has 2 aromatic carbocycles. The molecule has 3 aromatic rings. The second-order valence-corrected chi connectivity index (χ2v) is 8.86. The Kier molecular flexibility index (Phi) is 6.48. The Morgan fingerprint density at radius 3 is 2.62 bits per heavy atom. The van der Waals surface area contributed by atoms with Crippen molar-refractivity contribution in [1.82, 2.24) is 9.88 Å². The lowest BCUT2D eigenvalue weighted by molar-refractivity contribution is -0.140. The lowest BCUT2D eigenvalue weighted by Crippen LogP contribution is -2.33. The van der Waals surface area contributed by atoms with E-state index in [-0.39, 0.29) is 30.6 Å². The average Bonchev–Trinajstić information content (AvgIpc) is 3.32. The van der Waals surface area contributed by atoms with Crippen LogP contribution in [0.15, 0.2) is 48.2 Å². The summed E-state index contributed by atoms with van der Waals surface area (Å²) in [5.41, 5.74) is 3.79. The van der Waals surface area contributed by atoms with Crippen molar-refractivity contribution in [3.05, 3.63) is 70.4 Å². The molecule has 1 amide bonds. The van der Waals surface area contributed by atoms with Gasteiger partial charge in [-0.05, 0) is 51.0 Å². The Balaban J connectivity index is 1.93. The van der Waals surface area contributed by atoms with Crippen molar-refractivity contribution >= 4 is 28.4 Å². The van der Waals surface area contributed by atoms with Gasteiger partial charge in [-0.25, -0.2) is 0 Å². The Bertz CT molecular complexity index is 1290. The highest BCUT2D eigenvalue weighted by Crippen LogP contribution is 2.43. The number of benzene rings is 2. The van der Waals surface area contributed by atoms with Crippen molar-refractivity contribution in [3.8, 4) is 5.75 Å². The lowest BCUT2D eigenvalue weighted by atomic mass is 9.93. The van der Waals surface area contributed by atoms with E-state index in [0.29, 0.717) is 11.3 Å². The van der Waals surface area contributed by atoms with Gasteiger partial charge in [0, 0.05) is 29.2 Å². The van der Waals surface area contributed by atoms with Crippen molar-refractivity contribution in [2.24, 2.45) is 0 Å². The fourth-order valence-corrected chi connectivity index (χ4v) is 4.69. The van der Waals surface area contributed by atoms with Crippen LogP contribution in [-0.4, -0.2) is 53.0 Å². The Morgan fingerprint density at radius 2 is 1.91 bits per heavy atom. The molecule has 1 fully saturated rings. The number of aliphatic hydroxyl groups excluding tert-OH is 1. The molecule has 2 heterocycles. The van der Waals surface area contributed by atoms with Crippen LogP contribution in [0.25, 0.3) is 16.7 Å². The highest BCUT2D eigenvalue weighted by atomic mass is 16.5. The first-order valence-corrected chi connectivity index (χ1v) is 11.4. The molecule has 1 aliphatic rings. The molecule has 0 saturated carbocycles. The number of aryl methyl sites for hydroxylation is 2. The van der Waals surface area contributed by atoms with Crippen LogP contribution in [0.4, 0.5) is 0 Å². The zero-order valence-electron chi connectivity index (χ0n) is 20.1. The molecule has 0 bridgehead atoms. The van der Waals surface area contributed by atoms with Crippen LogP contribution < -0.4 is 4.74 Å². The van der Waals surface area contributed by atoms with E-state index in [4.69, 9.17) is 9.47 Å². The van der Waals surface area contributed by atoms with Crippen molar-refractivity contribution in [1.29, 1.82) is 0 Å². The smallest absolute Gasteiger partial charge is 0.295 e. The number of rotatable bonds is 7. The number of likely N-dealkylation sites (tertiary alicyclic amines) is 1. The van der Waals surface area contributed by atoms with Gasteiger partial charge in [0.1, 0.15) is 11.5 Å². The van der Waals surface area contributed by atoms with Gasteiger partial charge in [-0.15, -0.1) is 0 Å². The molecular formula is C27H30N2O5. The van der Waals surface area contributed by atoms with Gasteiger partial charge in [0.2, 0.25) is 0 Å². The summed E-state index contributed by atoms with van der Waals surface area (Å²) >= 11 is 0. The summed E-state index contributed by atoms with van der Waals surface area (Å²) in [6.45, 7) is 8.10. The molecule has 1 atom stereocenters. The molecule has 0 aliphatic carbocycles. The van der Waals surface area contributed by atoms with Crippen molar-refractivity contribution in [2.45, 2.75) is 39.8 Å². The number of hydrogen-bond acceptors (Lipinski definition) is 5. The predicted octanol–water partition coefficient (Wildman–Crippen LogP) is 4.64. The van der Waals surface area contributed by atoms with E-state index in [1.54, 1.807) is 12.3 Å². The molecule has 2 N–H and O–H groups in total. The van der Waals surface area contributed by atoms with Crippen molar-refractivity contribution < 1.29 is 24.2 Å². The van der Waals surface area contributed by atoms with Gasteiger partial charge < -0.3 is 24.5 Å². The number of ether oxygens (including phenoxy) is 2. The number of ketones is 1. The third kappa shape index (κ3) is 4.07. The minimum atomic E-state index is -0.766. The van der Waals surface area contributed by atoms with E-state index in [1.807, 2.05) is 58.0 Å². The highest BCUT2D eigenvalue weighted by molar-refractivity contribution is 6.46. The number of nitrogens with zero attached hydrogens (tertiary/aromatic N) is 1. The zero-order chi connectivity index (χ0) is 24.6. The summed E-state index contributed by atoms with van der Waals surface area (Å²) in [5, 5.41) is 12.4. The molecule has 1 saturated heterocycles. The van der Waals surface area contributed by atoms with Crippen LogP contribution in [-0.2, 0) is 14.3 Å². The molecule has 1 aromatic heterocycles. The standard InChI is InChI=1S/C27H30N2O5/c1-15(2)34-11-10-29-23(20-14-28-21-9-7-6-8-18(20)21)22(25(31)27(29)32)24(30)19-13-16(3)12-17(4)26(19)33-5/h6-9,12-15,23,28,30H,10-11H2,1-5H3/b24-22+. The molecule has 0 spiro atoms. The minimum absolute atomic E-state index is 0.0112. The van der Waals surface area contributed by atoms with Crippen LogP contribution in [0.5, 0.6) is 5.75 Å². The monoisotopic (exact) mass is 462 g/mol. The van der Waals surface area contributed by atoms with Gasteiger partial charge in [-0.2, -0.15) is 0 Å². The number of nitrogens with one attached hydrogen (secondary N) is 1. The van der Waals surface area contributed by atoms with Gasteiger partial charge in [0.15, 0.2) is 0 Å². The van der Waals surface area contributed by atoms with Crippen LogP contribution >= 0.6 is 0 Å². The summed E-state index contributed by atoms with van der Waals surface area (Å²) in [4.78, 5) is 31.2. The highest BCUT2D eigenvalue weighted by Gasteiger charge is 2.47. The molecule has 4 rings (SSSR count). The van der Waals surface area contributed by atoms with Gasteiger partial charge in [-0.1, -0.05) is 24.3 Å². The molecule has 178 valence electrons. The molecule has 34 heavy (non-hydrogen) atoms. The van der Waals surface area contributed by atoms with E-state index >= 15 is 0 Å². The first kappa shape index (κ1) is 23.6. The maximum absolute atomic E-state index is 13.3. The fourth-order valence-electron chi connectivity index (χ4n) is 4.69. The number of aliphatic hydroxyl groups is 1. The number of fused-ring (bicyclic) bond motifs is 1. The van der Waals surface area contributed by atoms with Crippen molar-refractivity contribution in [2.75, 3.05) is 20.3 Å². The van der Waals surface area contributed by atoms with E-state index in [1.165, 1.54) is 12.0 Å². The van der Waals surface area contributed by atoms with Crippen LogP contribution in [0.1, 0.15) is 42.1 Å². The topological polar surface area (TPSA) is 91.9 Å². The van der Waals surface area contributed by atoms with Gasteiger partial charge in [-0.3, -0.25) is 9.59 Å². The quantitative estimate of drug-likeness (QED) is 0.303. The Morgan fingerprint density at radius 1 is 1.18 bits per heavy atom. The second kappa shape index (κ2) is 9.35. The van der Waals surface area contributed by atoms with E-state index in [9.17, 15) is 14.7 Å². The molecule has 1 unspecified atom stereocenters. The van der Waals surface area contributed by atoms with E-state index < -0.39 is 17.7 Å². The van der Waals surface area contributed by atoms with Crippen molar-refractivity contribution in [3.63, 3.8) is 0 Å². The number of hydrogen-bond donors (Lipinski definition) is 2. The third-order valence-corrected chi connectivity index (χ3v) is 6.12. The normalized spacial score (nSPS) is 17.8. The van der Waals surface area contributed by atoms with E-state index in [2.05, 4.69) is 4.98 Å². The summed E-state index contributed by atoms with van der Waals surface area (Å²) in [6.07, 6.45) is 1.78. The number of H-pyrrole nitrogens is 1. The summed E-state index contributed by atoms with van der Waals surface area (Å²) in [6, 6.07) is 10.6. The summed E-state index contributed by atoms with van der Waals surface area (Å²) < 4.78 is 11.2. The average molecular weight is 463 g/mol. The van der Waals surface area contributed by atoms with Gasteiger partial charge in [0.25, 0.3) is 11.7 Å². The zero-order valence-corrected chi connectivity index (χ0v) is 20.1. The van der Waals surface area contributed by atoms with Crippen LogP contribution in [0, 0.1) is 13.8 Å². The van der Waals surface area contributed by atoms with Crippen LogP contribution in [0.3, 0.4) is 0 Å². The predicted molar refractivity (Wildman–Crippen MR) is 131 cm³/mol. The first-order chi connectivity index (χ1) is 16.2. The SMILES string of the molecule is COc1c(C)cc(C)cc1/C(O)=C1\C(=O)C(=O)N(CCOC(C)C)C1c1c[nH]c2ccccc12. The summed E-state index contributed by atoms with van der Waals surface area (Å²) in [7, 11) is 1.52. The number of aromatic amines is 1. The van der Waals surface area contributed by atoms with Gasteiger partial charge >= 0.3 is 0 Å². The fraction of sp³-hybridized carbons (Fsp3) is 0.333. The molecule has 1 aliphatic heterocycles. The molecule has 7 nitrogen and oxygen atoms in total. The largest absolute Gasteiger partial charge is 0.507 e. The van der Waals surface area contributed by atoms with Gasteiger partial charge in [0.05, 0.1) is 37.0 Å². The summed E-state index contributed by atoms with van der Waals surface area (Å²) in [5.74, 6) is -1.16. The number of amides is 1. The number of methoxy groups -OCH3 is 1. The van der Waals surface area contributed by atoms with Crippen LogP contribution in [0.2, 0.25) is 0 Å². The third-order valence-electron chi connectivity index (χ3n) is 6.12. The number of Topliss-reactive ketones (excluding diaryl/α,β-unsaturated/α-hetero) is 1. The Labute approximate surface area is 199 Å². The molecular weight excluding hydrogens is 432 g/mol. The molecule has 7 heteroatoms. The number of carbonyl (C=O) groups is 2.